The molecule has 138 valence electrons. The van der Waals surface area contributed by atoms with Gasteiger partial charge in [0.2, 0.25) is 5.91 Å². The van der Waals surface area contributed by atoms with E-state index in [1.807, 2.05) is 25.1 Å². The number of hydrogen-bond acceptors (Lipinski definition) is 3. The standard InChI is InChI=1S/C22H28N2O2/c1-16-13-18(9-10-21(16)26-3)15-22(25)23-11-6-12-24-17(2)14-19-7-4-5-8-20(19)24/h4-5,7-10,13,17H,6,11-12,14-15H2,1-3H3,(H,23,25)/t17-/m0/s1. The number of carbonyl (C=O) groups excluding carboxylic acids is 1. The molecule has 26 heavy (non-hydrogen) atoms. The molecule has 4 nitrogen and oxygen atoms in total. The third kappa shape index (κ3) is 4.18. The van der Waals surface area contributed by atoms with Crippen LogP contribution in [0.5, 0.6) is 5.75 Å². The maximum Gasteiger partial charge on any atom is 0.224 e. The van der Waals surface area contributed by atoms with E-state index in [2.05, 4.69) is 41.4 Å². The van der Waals surface area contributed by atoms with Gasteiger partial charge in [0.1, 0.15) is 5.75 Å². The molecule has 0 fully saturated rings. The van der Waals surface area contributed by atoms with Crippen LogP contribution in [-0.4, -0.2) is 32.1 Å². The van der Waals surface area contributed by atoms with E-state index in [0.717, 1.165) is 36.3 Å². The van der Waals surface area contributed by atoms with Gasteiger partial charge in [-0.15, -0.1) is 0 Å². The van der Waals surface area contributed by atoms with Crippen molar-refractivity contribution in [3.05, 3.63) is 59.2 Å². The Morgan fingerprint density at radius 2 is 2.08 bits per heavy atom. The van der Waals surface area contributed by atoms with Gasteiger partial charge in [-0.25, -0.2) is 0 Å². The Morgan fingerprint density at radius 1 is 1.27 bits per heavy atom. The highest BCUT2D eigenvalue weighted by molar-refractivity contribution is 5.78. The summed E-state index contributed by atoms with van der Waals surface area (Å²) >= 11 is 0. The predicted octanol–water partition coefficient (Wildman–Crippen LogP) is 3.50. The highest BCUT2D eigenvalue weighted by atomic mass is 16.5. The highest BCUT2D eigenvalue weighted by Crippen LogP contribution is 2.31. The van der Waals surface area contributed by atoms with Crippen LogP contribution >= 0.6 is 0 Å². The van der Waals surface area contributed by atoms with E-state index < -0.39 is 0 Å². The zero-order valence-corrected chi connectivity index (χ0v) is 15.9. The van der Waals surface area contributed by atoms with Gasteiger partial charge in [-0.3, -0.25) is 4.79 Å². The number of nitrogens with zero attached hydrogens (tertiary/aromatic N) is 1. The molecule has 2 aromatic rings. The monoisotopic (exact) mass is 352 g/mol. The van der Waals surface area contributed by atoms with Crippen LogP contribution in [0.3, 0.4) is 0 Å². The van der Waals surface area contributed by atoms with E-state index in [1.165, 1.54) is 11.3 Å². The SMILES string of the molecule is COc1ccc(CC(=O)NCCCN2c3ccccc3C[C@@H]2C)cc1C. The molecule has 1 aliphatic rings. The van der Waals surface area contributed by atoms with Gasteiger partial charge in [0, 0.05) is 24.8 Å². The van der Waals surface area contributed by atoms with Gasteiger partial charge < -0.3 is 15.0 Å². The average molecular weight is 352 g/mol. The number of methoxy groups -OCH3 is 1. The van der Waals surface area contributed by atoms with Crippen molar-refractivity contribution in [2.45, 2.75) is 39.2 Å². The molecular weight excluding hydrogens is 324 g/mol. The Hall–Kier alpha value is -2.49. The van der Waals surface area contributed by atoms with E-state index in [1.54, 1.807) is 7.11 Å². The summed E-state index contributed by atoms with van der Waals surface area (Å²) in [6, 6.07) is 15.0. The van der Waals surface area contributed by atoms with Crippen molar-refractivity contribution in [1.29, 1.82) is 0 Å². The molecule has 1 aliphatic heterocycles. The first-order valence-corrected chi connectivity index (χ1v) is 9.33. The molecule has 0 aromatic heterocycles. The molecule has 0 saturated carbocycles. The number of nitrogens with one attached hydrogen (secondary N) is 1. The number of aryl methyl sites for hydroxylation is 1. The predicted molar refractivity (Wildman–Crippen MR) is 106 cm³/mol. The number of rotatable bonds is 7. The van der Waals surface area contributed by atoms with Gasteiger partial charge in [0.15, 0.2) is 0 Å². The zero-order valence-electron chi connectivity index (χ0n) is 15.9. The Kier molecular flexibility index (Phi) is 5.82. The second-order valence-corrected chi connectivity index (χ2v) is 7.06. The average Bonchev–Trinajstić information content (AvgIpc) is 2.94. The lowest BCUT2D eigenvalue weighted by Crippen LogP contribution is -2.33. The second kappa shape index (κ2) is 8.26. The fraction of sp³-hybridized carbons (Fsp3) is 0.409. The number of hydrogen-bond donors (Lipinski definition) is 1. The molecule has 0 saturated heterocycles. The van der Waals surface area contributed by atoms with Crippen LogP contribution < -0.4 is 15.0 Å². The van der Waals surface area contributed by atoms with E-state index in [0.29, 0.717) is 19.0 Å². The van der Waals surface area contributed by atoms with E-state index >= 15 is 0 Å². The number of fused-ring (bicyclic) bond motifs is 1. The summed E-state index contributed by atoms with van der Waals surface area (Å²) in [5.74, 6) is 0.929. The highest BCUT2D eigenvalue weighted by Gasteiger charge is 2.24. The molecule has 3 rings (SSSR count). The topological polar surface area (TPSA) is 41.6 Å². The summed E-state index contributed by atoms with van der Waals surface area (Å²) < 4.78 is 5.26. The quantitative estimate of drug-likeness (QED) is 0.776. The number of ether oxygens (including phenoxy) is 1. The summed E-state index contributed by atoms with van der Waals surface area (Å²) in [6.07, 6.45) is 2.47. The minimum Gasteiger partial charge on any atom is -0.496 e. The summed E-state index contributed by atoms with van der Waals surface area (Å²) in [6.45, 7) is 5.94. The molecule has 4 heteroatoms. The van der Waals surface area contributed by atoms with Gasteiger partial charge in [-0.1, -0.05) is 30.3 Å². The lowest BCUT2D eigenvalue weighted by atomic mass is 10.1. The van der Waals surface area contributed by atoms with Crippen molar-refractivity contribution in [2.75, 3.05) is 25.1 Å². The van der Waals surface area contributed by atoms with Crippen LogP contribution in [0.4, 0.5) is 5.69 Å². The number of benzene rings is 2. The van der Waals surface area contributed by atoms with Crippen molar-refractivity contribution < 1.29 is 9.53 Å². The molecule has 1 heterocycles. The summed E-state index contributed by atoms with van der Waals surface area (Å²) in [5, 5.41) is 3.05. The van der Waals surface area contributed by atoms with Crippen molar-refractivity contribution >= 4 is 11.6 Å². The Bertz CT molecular complexity index is 772. The number of carbonyl (C=O) groups is 1. The first kappa shape index (κ1) is 18.3. The van der Waals surface area contributed by atoms with Gasteiger partial charge >= 0.3 is 0 Å². The van der Waals surface area contributed by atoms with Crippen molar-refractivity contribution in [1.82, 2.24) is 5.32 Å². The van der Waals surface area contributed by atoms with Crippen LogP contribution in [0.25, 0.3) is 0 Å². The first-order valence-electron chi connectivity index (χ1n) is 9.33. The van der Waals surface area contributed by atoms with Crippen LogP contribution in [0.2, 0.25) is 0 Å². The minimum absolute atomic E-state index is 0.0736. The lowest BCUT2D eigenvalue weighted by Gasteiger charge is -2.24. The number of para-hydroxylation sites is 1. The van der Waals surface area contributed by atoms with Gasteiger partial charge in [0.25, 0.3) is 0 Å². The second-order valence-electron chi connectivity index (χ2n) is 7.06. The van der Waals surface area contributed by atoms with Crippen LogP contribution in [0.1, 0.15) is 30.0 Å². The van der Waals surface area contributed by atoms with Gasteiger partial charge in [-0.05, 0) is 55.5 Å². The fourth-order valence-electron chi connectivity index (χ4n) is 3.75. The van der Waals surface area contributed by atoms with Crippen LogP contribution in [-0.2, 0) is 17.6 Å². The van der Waals surface area contributed by atoms with Gasteiger partial charge in [0.05, 0.1) is 13.5 Å². The maximum absolute atomic E-state index is 12.2. The molecule has 0 radical (unpaired) electrons. The van der Waals surface area contributed by atoms with Crippen molar-refractivity contribution in [3.63, 3.8) is 0 Å². The van der Waals surface area contributed by atoms with E-state index in [-0.39, 0.29) is 5.91 Å². The summed E-state index contributed by atoms with van der Waals surface area (Å²) in [7, 11) is 1.66. The fourth-order valence-corrected chi connectivity index (χ4v) is 3.75. The maximum atomic E-state index is 12.2. The smallest absolute Gasteiger partial charge is 0.224 e. The Labute approximate surface area is 156 Å². The molecular formula is C22H28N2O2. The molecule has 0 spiro atoms. The molecule has 2 aromatic carbocycles. The van der Waals surface area contributed by atoms with E-state index in [9.17, 15) is 4.79 Å². The number of anilines is 1. The molecule has 0 aliphatic carbocycles. The minimum atomic E-state index is 0.0736. The van der Waals surface area contributed by atoms with Crippen molar-refractivity contribution in [3.8, 4) is 5.75 Å². The lowest BCUT2D eigenvalue weighted by molar-refractivity contribution is -0.120. The number of amides is 1. The van der Waals surface area contributed by atoms with Crippen LogP contribution in [0, 0.1) is 6.92 Å². The normalized spacial score (nSPS) is 15.7. The molecule has 1 amide bonds. The van der Waals surface area contributed by atoms with Gasteiger partial charge in [-0.2, -0.15) is 0 Å². The molecule has 0 bridgehead atoms. The summed E-state index contributed by atoms with van der Waals surface area (Å²) in [5.41, 5.74) is 4.85. The first-order chi connectivity index (χ1) is 12.6. The molecule has 0 unspecified atom stereocenters. The Morgan fingerprint density at radius 3 is 2.85 bits per heavy atom. The molecule has 1 N–H and O–H groups in total. The third-order valence-corrected chi connectivity index (χ3v) is 5.07. The van der Waals surface area contributed by atoms with Crippen LogP contribution in [0.15, 0.2) is 42.5 Å². The summed E-state index contributed by atoms with van der Waals surface area (Å²) in [4.78, 5) is 14.6. The van der Waals surface area contributed by atoms with E-state index in [4.69, 9.17) is 4.74 Å². The largest absolute Gasteiger partial charge is 0.496 e. The van der Waals surface area contributed by atoms with Crippen molar-refractivity contribution in [2.24, 2.45) is 0 Å². The molecule has 1 atom stereocenters. The zero-order chi connectivity index (χ0) is 18.5. The third-order valence-electron chi connectivity index (χ3n) is 5.07. The Balaban J connectivity index is 1.44.